The molecule has 3 N–H and O–H groups in total. The first-order valence-corrected chi connectivity index (χ1v) is 2.71. The van der Waals surface area contributed by atoms with Gasteiger partial charge in [0.25, 0.3) is 0 Å². The Hall–Kier alpha value is -0.120. The molecular weight excluding hydrogens is 104 g/mol. The number of hydrogen-bond donors (Lipinski definition) is 2. The summed E-state index contributed by atoms with van der Waals surface area (Å²) in [7, 11) is 1.77. The highest BCUT2D eigenvalue weighted by Gasteiger charge is 2.06. The lowest BCUT2D eigenvalue weighted by molar-refractivity contribution is 0.0151. The van der Waals surface area contributed by atoms with Gasteiger partial charge in [0.15, 0.2) is 0 Å². The van der Waals surface area contributed by atoms with E-state index in [2.05, 4.69) is 0 Å². The minimum Gasteiger partial charge on any atom is -0.379 e. The summed E-state index contributed by atoms with van der Waals surface area (Å²) < 4.78 is 0. The van der Waals surface area contributed by atoms with Gasteiger partial charge in [0.05, 0.1) is 6.17 Å². The molecule has 0 rings (SSSR count). The Morgan fingerprint density at radius 1 is 1.50 bits per heavy atom. The van der Waals surface area contributed by atoms with Crippen molar-refractivity contribution in [3.63, 3.8) is 0 Å². The van der Waals surface area contributed by atoms with Crippen LogP contribution in [0.5, 0.6) is 0 Å². The summed E-state index contributed by atoms with van der Waals surface area (Å²) in [5.74, 6) is 0. The first-order chi connectivity index (χ1) is 3.55. The summed E-state index contributed by atoms with van der Waals surface area (Å²) in [4.78, 5) is 1.67. The van der Waals surface area contributed by atoms with E-state index in [0.717, 1.165) is 0 Å². The normalized spacial score (nSPS) is 18.8. The van der Waals surface area contributed by atoms with Crippen LogP contribution in [-0.4, -0.2) is 29.4 Å². The molecule has 2 atom stereocenters. The molecular formula is C5H14N2O. The summed E-state index contributed by atoms with van der Waals surface area (Å²) in [6.07, 6.45) is -0.523. The standard InChI is InChI=1S/C5H14N2O/c1-4(6)7(3)5(2)8/h4-5,8H,6H2,1-3H3. The summed E-state index contributed by atoms with van der Waals surface area (Å²) in [5.41, 5.74) is 5.40. The Labute approximate surface area is 50.1 Å². The van der Waals surface area contributed by atoms with Crippen LogP contribution < -0.4 is 5.73 Å². The van der Waals surface area contributed by atoms with Crippen molar-refractivity contribution in [3.8, 4) is 0 Å². The Balaban J connectivity index is 3.46. The minimum atomic E-state index is -0.449. The number of rotatable bonds is 2. The van der Waals surface area contributed by atoms with E-state index in [1.54, 1.807) is 18.9 Å². The number of nitrogens with two attached hydrogens (primary N) is 1. The topological polar surface area (TPSA) is 49.5 Å². The minimum absolute atomic E-state index is 0.0741. The second kappa shape index (κ2) is 3.02. The van der Waals surface area contributed by atoms with Crippen molar-refractivity contribution in [2.75, 3.05) is 7.05 Å². The molecule has 8 heavy (non-hydrogen) atoms. The van der Waals surface area contributed by atoms with Gasteiger partial charge in [-0.15, -0.1) is 0 Å². The maximum Gasteiger partial charge on any atom is 0.105 e. The van der Waals surface area contributed by atoms with Crippen molar-refractivity contribution < 1.29 is 5.11 Å². The number of aliphatic hydroxyl groups is 1. The van der Waals surface area contributed by atoms with Gasteiger partial charge in [-0.3, -0.25) is 4.90 Å². The molecule has 0 aliphatic carbocycles. The zero-order chi connectivity index (χ0) is 6.73. The average molecular weight is 118 g/mol. The molecule has 3 nitrogen and oxygen atoms in total. The molecule has 0 aromatic heterocycles. The lowest BCUT2D eigenvalue weighted by Crippen LogP contribution is -2.42. The molecule has 0 aromatic carbocycles. The van der Waals surface area contributed by atoms with Crippen LogP contribution >= 0.6 is 0 Å². The van der Waals surface area contributed by atoms with Crippen molar-refractivity contribution in [1.82, 2.24) is 4.90 Å². The van der Waals surface area contributed by atoms with Gasteiger partial charge >= 0.3 is 0 Å². The molecule has 0 aromatic rings. The van der Waals surface area contributed by atoms with Crippen LogP contribution in [0.2, 0.25) is 0 Å². The fraction of sp³-hybridized carbons (Fsp3) is 1.00. The zero-order valence-electron chi connectivity index (χ0n) is 5.63. The molecule has 3 heteroatoms. The van der Waals surface area contributed by atoms with E-state index in [9.17, 15) is 0 Å². The van der Waals surface area contributed by atoms with Crippen molar-refractivity contribution in [2.24, 2.45) is 5.73 Å². The molecule has 0 aliphatic heterocycles. The predicted octanol–water partition coefficient (Wildman–Crippen LogP) is -0.439. The molecule has 0 aliphatic rings. The Bertz CT molecular complexity index is 55.4. The highest BCUT2D eigenvalue weighted by molar-refractivity contribution is 4.53. The maximum absolute atomic E-state index is 8.84. The summed E-state index contributed by atoms with van der Waals surface area (Å²) in [6, 6.07) is 0. The molecule has 0 heterocycles. The van der Waals surface area contributed by atoms with E-state index in [4.69, 9.17) is 10.8 Å². The van der Waals surface area contributed by atoms with Gasteiger partial charge in [-0.1, -0.05) is 0 Å². The van der Waals surface area contributed by atoms with Crippen molar-refractivity contribution in [3.05, 3.63) is 0 Å². The quantitative estimate of drug-likeness (QED) is 0.483. The second-order valence-electron chi connectivity index (χ2n) is 2.04. The van der Waals surface area contributed by atoms with Crippen molar-refractivity contribution in [2.45, 2.75) is 26.2 Å². The van der Waals surface area contributed by atoms with Gasteiger partial charge in [0.1, 0.15) is 6.23 Å². The Kier molecular flexibility index (Phi) is 2.97. The summed E-state index contributed by atoms with van der Waals surface area (Å²) >= 11 is 0. The predicted molar refractivity (Wildman–Crippen MR) is 33.1 cm³/mol. The van der Waals surface area contributed by atoms with Gasteiger partial charge in [0.2, 0.25) is 0 Å². The molecule has 0 radical (unpaired) electrons. The molecule has 0 saturated carbocycles. The van der Waals surface area contributed by atoms with E-state index in [0.29, 0.717) is 0 Å². The molecule has 50 valence electrons. The lowest BCUT2D eigenvalue weighted by Gasteiger charge is -2.23. The maximum atomic E-state index is 8.84. The molecule has 0 fully saturated rings. The Morgan fingerprint density at radius 3 is 1.88 bits per heavy atom. The third kappa shape index (κ3) is 2.26. The number of hydrogen-bond acceptors (Lipinski definition) is 3. The molecule has 0 amide bonds. The average Bonchev–Trinajstić information content (AvgIpc) is 1.64. The fourth-order valence-corrected chi connectivity index (χ4v) is 0.340. The van der Waals surface area contributed by atoms with Crippen molar-refractivity contribution >= 4 is 0 Å². The summed E-state index contributed by atoms with van der Waals surface area (Å²) in [5, 5.41) is 8.84. The van der Waals surface area contributed by atoms with E-state index in [-0.39, 0.29) is 6.17 Å². The SMILES string of the molecule is CC(N)N(C)C(C)O. The van der Waals surface area contributed by atoms with Crippen LogP contribution in [0.25, 0.3) is 0 Å². The fourth-order valence-electron chi connectivity index (χ4n) is 0.340. The van der Waals surface area contributed by atoms with Gasteiger partial charge in [-0.25, -0.2) is 0 Å². The lowest BCUT2D eigenvalue weighted by atomic mass is 10.5. The smallest absolute Gasteiger partial charge is 0.105 e. The molecule has 0 saturated heterocycles. The third-order valence-corrected chi connectivity index (χ3v) is 1.23. The third-order valence-electron chi connectivity index (χ3n) is 1.23. The van der Waals surface area contributed by atoms with Crippen LogP contribution in [0.15, 0.2) is 0 Å². The van der Waals surface area contributed by atoms with Crippen molar-refractivity contribution in [1.29, 1.82) is 0 Å². The van der Waals surface area contributed by atoms with E-state index in [1.807, 2.05) is 6.92 Å². The monoisotopic (exact) mass is 118 g/mol. The van der Waals surface area contributed by atoms with Gasteiger partial charge in [-0.05, 0) is 20.9 Å². The molecule has 0 spiro atoms. The summed E-state index contributed by atoms with van der Waals surface area (Å²) in [6.45, 7) is 3.51. The largest absolute Gasteiger partial charge is 0.379 e. The van der Waals surface area contributed by atoms with Crippen LogP contribution in [0, 0.1) is 0 Å². The van der Waals surface area contributed by atoms with Gasteiger partial charge in [0, 0.05) is 0 Å². The number of nitrogens with zero attached hydrogens (tertiary/aromatic N) is 1. The van der Waals surface area contributed by atoms with E-state index >= 15 is 0 Å². The Morgan fingerprint density at radius 2 is 1.88 bits per heavy atom. The highest BCUT2D eigenvalue weighted by atomic mass is 16.3. The molecule has 0 bridgehead atoms. The van der Waals surface area contributed by atoms with Gasteiger partial charge in [-0.2, -0.15) is 0 Å². The van der Waals surface area contributed by atoms with Crippen LogP contribution in [0.4, 0.5) is 0 Å². The highest BCUT2D eigenvalue weighted by Crippen LogP contribution is 1.91. The zero-order valence-corrected chi connectivity index (χ0v) is 5.63. The first kappa shape index (κ1) is 7.88. The number of aliphatic hydroxyl groups excluding tert-OH is 1. The van der Waals surface area contributed by atoms with Crippen LogP contribution in [0.1, 0.15) is 13.8 Å². The molecule has 2 unspecified atom stereocenters. The van der Waals surface area contributed by atoms with Gasteiger partial charge < -0.3 is 10.8 Å². The second-order valence-corrected chi connectivity index (χ2v) is 2.04. The van der Waals surface area contributed by atoms with Crippen LogP contribution in [0.3, 0.4) is 0 Å². The van der Waals surface area contributed by atoms with Crippen LogP contribution in [-0.2, 0) is 0 Å². The van der Waals surface area contributed by atoms with E-state index in [1.165, 1.54) is 0 Å². The van der Waals surface area contributed by atoms with E-state index < -0.39 is 6.23 Å². The first-order valence-electron chi connectivity index (χ1n) is 2.71.